The van der Waals surface area contributed by atoms with Crippen molar-refractivity contribution < 1.29 is 24.1 Å². The van der Waals surface area contributed by atoms with Crippen LogP contribution in [0.5, 0.6) is 11.5 Å². The first-order valence-corrected chi connectivity index (χ1v) is 8.18. The predicted molar refractivity (Wildman–Crippen MR) is 84.8 cm³/mol. The largest absolute Gasteiger partial charge is 0.490 e. The number of carboxylic acids is 1. The maximum absolute atomic E-state index is 11.5. The standard InChI is InChI=1S/C18H24O5/c1-5-21-14-8-6-7-11-15-13(18(3,4)23-16(11)14)9-12(17(19)20)10(2)22-15/h6-8,10,12-13,15H,5,9H2,1-4H3,(H,19,20)/t10-,12-,13-,15+/m0/s1. The van der Waals surface area contributed by atoms with Crippen molar-refractivity contribution in [1.82, 2.24) is 0 Å². The highest BCUT2D eigenvalue weighted by atomic mass is 16.5. The molecule has 23 heavy (non-hydrogen) atoms. The van der Waals surface area contributed by atoms with Crippen LogP contribution in [0.1, 0.15) is 45.8 Å². The molecule has 0 unspecified atom stereocenters. The topological polar surface area (TPSA) is 65.0 Å². The van der Waals surface area contributed by atoms with Gasteiger partial charge >= 0.3 is 5.97 Å². The summed E-state index contributed by atoms with van der Waals surface area (Å²) in [5.41, 5.74) is 0.439. The smallest absolute Gasteiger partial charge is 0.309 e. The van der Waals surface area contributed by atoms with Gasteiger partial charge in [0, 0.05) is 11.5 Å². The van der Waals surface area contributed by atoms with Gasteiger partial charge in [-0.2, -0.15) is 0 Å². The van der Waals surface area contributed by atoms with Crippen molar-refractivity contribution in [3.8, 4) is 11.5 Å². The first kappa shape index (κ1) is 16.1. The van der Waals surface area contributed by atoms with Gasteiger partial charge < -0.3 is 19.3 Å². The fourth-order valence-corrected chi connectivity index (χ4v) is 3.72. The highest BCUT2D eigenvalue weighted by molar-refractivity contribution is 5.71. The summed E-state index contributed by atoms with van der Waals surface area (Å²) >= 11 is 0. The van der Waals surface area contributed by atoms with E-state index in [1.54, 1.807) is 0 Å². The molecular formula is C18H24O5. The van der Waals surface area contributed by atoms with Gasteiger partial charge in [-0.3, -0.25) is 4.79 Å². The van der Waals surface area contributed by atoms with E-state index in [2.05, 4.69) is 0 Å². The van der Waals surface area contributed by atoms with Crippen molar-refractivity contribution >= 4 is 5.97 Å². The van der Waals surface area contributed by atoms with E-state index in [1.165, 1.54) is 0 Å². The van der Waals surface area contributed by atoms with E-state index in [-0.39, 0.29) is 18.1 Å². The zero-order valence-corrected chi connectivity index (χ0v) is 14.0. The molecule has 2 heterocycles. The van der Waals surface area contributed by atoms with Gasteiger partial charge in [0.1, 0.15) is 5.60 Å². The minimum atomic E-state index is -0.805. The average molecular weight is 320 g/mol. The van der Waals surface area contributed by atoms with Crippen LogP contribution in [-0.2, 0) is 9.53 Å². The molecule has 5 nitrogen and oxygen atoms in total. The number of aliphatic carboxylic acids is 1. The lowest BCUT2D eigenvalue weighted by Gasteiger charge is -2.50. The molecule has 0 saturated carbocycles. The van der Waals surface area contributed by atoms with Gasteiger partial charge in [-0.15, -0.1) is 0 Å². The summed E-state index contributed by atoms with van der Waals surface area (Å²) in [6.07, 6.45) is 0.0536. The van der Waals surface area contributed by atoms with Crippen LogP contribution in [0.4, 0.5) is 0 Å². The Balaban J connectivity index is 2.03. The number of hydrogen-bond acceptors (Lipinski definition) is 4. The van der Waals surface area contributed by atoms with Crippen LogP contribution in [0.2, 0.25) is 0 Å². The molecule has 0 aliphatic carbocycles. The molecule has 0 amide bonds. The molecule has 1 aromatic carbocycles. The van der Waals surface area contributed by atoms with Crippen LogP contribution < -0.4 is 9.47 Å². The van der Waals surface area contributed by atoms with Gasteiger partial charge in [-0.05, 0) is 40.2 Å². The summed E-state index contributed by atoms with van der Waals surface area (Å²) in [4.78, 5) is 11.5. The maximum Gasteiger partial charge on any atom is 0.309 e. The monoisotopic (exact) mass is 320 g/mol. The van der Waals surface area contributed by atoms with Crippen LogP contribution in [0.25, 0.3) is 0 Å². The molecule has 2 aliphatic heterocycles. The molecule has 1 aromatic rings. The third-order valence-electron chi connectivity index (χ3n) is 4.99. The molecule has 1 fully saturated rings. The molecule has 0 spiro atoms. The number of benzene rings is 1. The van der Waals surface area contributed by atoms with E-state index in [4.69, 9.17) is 14.2 Å². The molecule has 0 bridgehead atoms. The van der Waals surface area contributed by atoms with Crippen molar-refractivity contribution in [2.24, 2.45) is 11.8 Å². The maximum atomic E-state index is 11.5. The second kappa shape index (κ2) is 5.71. The van der Waals surface area contributed by atoms with Crippen molar-refractivity contribution in [3.63, 3.8) is 0 Å². The third kappa shape index (κ3) is 2.67. The van der Waals surface area contributed by atoms with Gasteiger partial charge in [0.15, 0.2) is 11.5 Å². The number of fused-ring (bicyclic) bond motifs is 3. The van der Waals surface area contributed by atoms with E-state index >= 15 is 0 Å². The summed E-state index contributed by atoms with van der Waals surface area (Å²) in [5.74, 6) is 0.121. The number of para-hydroxylation sites is 1. The van der Waals surface area contributed by atoms with Gasteiger partial charge in [0.2, 0.25) is 0 Å². The summed E-state index contributed by atoms with van der Waals surface area (Å²) in [6, 6.07) is 5.81. The number of ether oxygens (including phenoxy) is 3. The predicted octanol–water partition coefficient (Wildman–Crippen LogP) is 3.42. The quantitative estimate of drug-likeness (QED) is 0.924. The zero-order valence-electron chi connectivity index (χ0n) is 14.0. The molecule has 0 radical (unpaired) electrons. The normalized spacial score (nSPS) is 31.5. The van der Waals surface area contributed by atoms with Gasteiger partial charge in [0.05, 0.1) is 24.7 Å². The Morgan fingerprint density at radius 1 is 1.43 bits per heavy atom. The molecule has 5 heteroatoms. The minimum Gasteiger partial charge on any atom is -0.490 e. The number of rotatable bonds is 3. The van der Waals surface area contributed by atoms with Crippen molar-refractivity contribution in [3.05, 3.63) is 23.8 Å². The van der Waals surface area contributed by atoms with Crippen LogP contribution in [-0.4, -0.2) is 29.4 Å². The Kier molecular flexibility index (Phi) is 4.00. The average Bonchev–Trinajstić information content (AvgIpc) is 2.47. The first-order chi connectivity index (χ1) is 10.8. The molecular weight excluding hydrogens is 296 g/mol. The first-order valence-electron chi connectivity index (χ1n) is 8.18. The lowest BCUT2D eigenvalue weighted by atomic mass is 9.72. The van der Waals surface area contributed by atoms with Crippen LogP contribution in [0.3, 0.4) is 0 Å². The molecule has 1 N–H and O–H groups in total. The second-order valence-electron chi connectivity index (χ2n) is 6.86. The Labute approximate surface area is 136 Å². The minimum absolute atomic E-state index is 0.0100. The third-order valence-corrected chi connectivity index (χ3v) is 4.99. The van der Waals surface area contributed by atoms with E-state index in [1.807, 2.05) is 45.9 Å². The Hall–Kier alpha value is -1.75. The highest BCUT2D eigenvalue weighted by Crippen LogP contribution is 2.54. The molecule has 126 valence electrons. The Morgan fingerprint density at radius 2 is 2.17 bits per heavy atom. The lowest BCUT2D eigenvalue weighted by Crippen LogP contribution is -2.51. The summed E-state index contributed by atoms with van der Waals surface area (Å²) in [7, 11) is 0. The van der Waals surface area contributed by atoms with Gasteiger partial charge in [0.25, 0.3) is 0 Å². The van der Waals surface area contributed by atoms with Gasteiger partial charge in [-0.1, -0.05) is 12.1 Å². The molecule has 1 saturated heterocycles. The SMILES string of the molecule is CCOc1cccc2c1OC(C)(C)[C@H]1C[C@H](C(=O)O)[C@H](C)O[C@H]21. The van der Waals surface area contributed by atoms with Crippen molar-refractivity contribution in [2.75, 3.05) is 6.61 Å². The van der Waals surface area contributed by atoms with E-state index in [9.17, 15) is 9.90 Å². The number of hydrogen-bond donors (Lipinski definition) is 1. The van der Waals surface area contributed by atoms with Crippen LogP contribution in [0, 0.1) is 11.8 Å². The molecule has 3 rings (SSSR count). The van der Waals surface area contributed by atoms with Crippen molar-refractivity contribution in [2.45, 2.75) is 51.9 Å². The molecule has 4 atom stereocenters. The van der Waals surface area contributed by atoms with Crippen LogP contribution >= 0.6 is 0 Å². The van der Waals surface area contributed by atoms with Crippen molar-refractivity contribution in [1.29, 1.82) is 0 Å². The fraction of sp³-hybridized carbons (Fsp3) is 0.611. The van der Waals surface area contributed by atoms with Crippen LogP contribution in [0.15, 0.2) is 18.2 Å². The fourth-order valence-electron chi connectivity index (χ4n) is 3.72. The second-order valence-corrected chi connectivity index (χ2v) is 6.86. The van der Waals surface area contributed by atoms with Gasteiger partial charge in [-0.25, -0.2) is 0 Å². The molecule has 0 aromatic heterocycles. The van der Waals surface area contributed by atoms with E-state index in [0.29, 0.717) is 18.8 Å². The molecule has 2 aliphatic rings. The van der Waals surface area contributed by atoms with E-state index in [0.717, 1.165) is 11.3 Å². The lowest BCUT2D eigenvalue weighted by molar-refractivity contribution is -0.183. The van der Waals surface area contributed by atoms with E-state index < -0.39 is 17.5 Å². The number of carboxylic acid groups (broad SMARTS) is 1. The Morgan fingerprint density at radius 3 is 2.83 bits per heavy atom. The summed E-state index contributed by atoms with van der Waals surface area (Å²) < 4.78 is 18.1. The zero-order chi connectivity index (χ0) is 16.8. The highest BCUT2D eigenvalue weighted by Gasteiger charge is 2.51. The Bertz CT molecular complexity index is 609. The summed E-state index contributed by atoms with van der Waals surface area (Å²) in [5, 5.41) is 9.44. The number of carbonyl (C=O) groups is 1. The summed E-state index contributed by atoms with van der Waals surface area (Å²) in [6.45, 7) is 8.33.